The average Bonchev–Trinajstić information content (AvgIpc) is 2.95. The minimum atomic E-state index is -3.84. The maximum Gasteiger partial charge on any atom is 0.368 e. The Morgan fingerprint density at radius 1 is 0.917 bits per heavy atom. The minimum Gasteiger partial charge on any atom is -0.382 e. The summed E-state index contributed by atoms with van der Waals surface area (Å²) in [6, 6.07) is 16.9. The predicted octanol–water partition coefficient (Wildman–Crippen LogP) is 0.838. The number of aryl methyl sites for hydroxylation is 1. The summed E-state index contributed by atoms with van der Waals surface area (Å²) in [5.74, 6) is -0.173. The fourth-order valence-corrected chi connectivity index (χ4v) is 2.89. The van der Waals surface area contributed by atoms with Crippen LogP contribution in [0.4, 0.5) is 0 Å². The molecule has 0 saturated heterocycles. The normalized spacial score (nSPS) is 11.3. The number of rotatable bonds is 6. The molecule has 1 aromatic heterocycles. The molecule has 24 heavy (non-hydrogen) atoms. The SMILES string of the molecule is O=c1n(CCS(=O)(=O)Oc2ccccc2)nnn1-c1ccccc1. The topological polar surface area (TPSA) is 96.1 Å². The molecule has 0 saturated carbocycles. The Hall–Kier alpha value is -2.94. The Balaban J connectivity index is 1.71. The smallest absolute Gasteiger partial charge is 0.368 e. The Bertz CT molecular complexity index is 965. The van der Waals surface area contributed by atoms with Crippen LogP contribution < -0.4 is 9.87 Å². The van der Waals surface area contributed by atoms with Gasteiger partial charge in [0.15, 0.2) is 0 Å². The fourth-order valence-electron chi connectivity index (χ4n) is 2.01. The van der Waals surface area contributed by atoms with Gasteiger partial charge in [0.2, 0.25) is 0 Å². The molecule has 0 N–H and O–H groups in total. The first-order valence-electron chi connectivity index (χ1n) is 7.11. The van der Waals surface area contributed by atoms with E-state index >= 15 is 0 Å². The predicted molar refractivity (Wildman–Crippen MR) is 86.5 cm³/mol. The van der Waals surface area contributed by atoms with Crippen molar-refractivity contribution >= 4 is 10.1 Å². The maximum atomic E-state index is 12.2. The summed E-state index contributed by atoms with van der Waals surface area (Å²) in [5, 5.41) is 7.45. The van der Waals surface area contributed by atoms with Gasteiger partial charge in [0.25, 0.3) is 0 Å². The van der Waals surface area contributed by atoms with Crippen molar-refractivity contribution in [1.29, 1.82) is 0 Å². The summed E-state index contributed by atoms with van der Waals surface area (Å²) in [7, 11) is -3.84. The number of tetrazole rings is 1. The third kappa shape index (κ3) is 3.69. The molecule has 0 aliphatic carbocycles. The highest BCUT2D eigenvalue weighted by molar-refractivity contribution is 7.87. The number of aromatic nitrogens is 4. The monoisotopic (exact) mass is 346 g/mol. The summed E-state index contributed by atoms with van der Waals surface area (Å²) < 4.78 is 31.0. The molecule has 0 radical (unpaired) electrons. The number of benzene rings is 2. The van der Waals surface area contributed by atoms with Gasteiger partial charge in [0.05, 0.1) is 12.2 Å². The zero-order chi connectivity index (χ0) is 17.0. The van der Waals surface area contributed by atoms with E-state index in [1.165, 1.54) is 12.1 Å². The van der Waals surface area contributed by atoms with E-state index in [0.29, 0.717) is 5.69 Å². The molecule has 2 aromatic carbocycles. The van der Waals surface area contributed by atoms with Crippen LogP contribution in [-0.2, 0) is 16.7 Å². The molecule has 124 valence electrons. The number of hydrogen-bond acceptors (Lipinski definition) is 6. The number of nitrogens with zero attached hydrogens (tertiary/aromatic N) is 4. The Morgan fingerprint density at radius 3 is 2.21 bits per heavy atom. The van der Waals surface area contributed by atoms with Crippen molar-refractivity contribution in [2.45, 2.75) is 6.54 Å². The molecule has 0 unspecified atom stereocenters. The second kappa shape index (κ2) is 6.67. The van der Waals surface area contributed by atoms with Gasteiger partial charge in [-0.1, -0.05) is 36.4 Å². The molecular weight excluding hydrogens is 332 g/mol. The van der Waals surface area contributed by atoms with E-state index in [9.17, 15) is 13.2 Å². The highest BCUT2D eigenvalue weighted by Crippen LogP contribution is 2.11. The van der Waals surface area contributed by atoms with E-state index in [1.54, 1.807) is 42.5 Å². The lowest BCUT2D eigenvalue weighted by Gasteiger charge is -2.05. The van der Waals surface area contributed by atoms with Crippen LogP contribution in [0.2, 0.25) is 0 Å². The van der Waals surface area contributed by atoms with Crippen molar-refractivity contribution in [3.63, 3.8) is 0 Å². The van der Waals surface area contributed by atoms with E-state index in [1.807, 2.05) is 6.07 Å². The van der Waals surface area contributed by atoms with Crippen molar-refractivity contribution in [3.8, 4) is 11.4 Å². The van der Waals surface area contributed by atoms with Crippen molar-refractivity contribution in [3.05, 3.63) is 71.1 Å². The van der Waals surface area contributed by atoms with Crippen LogP contribution in [-0.4, -0.2) is 34.0 Å². The minimum absolute atomic E-state index is 0.152. The second-order valence-electron chi connectivity index (χ2n) is 4.89. The van der Waals surface area contributed by atoms with Gasteiger partial charge in [-0.3, -0.25) is 0 Å². The summed E-state index contributed by atoms with van der Waals surface area (Å²) in [4.78, 5) is 12.2. The molecule has 0 fully saturated rings. The van der Waals surface area contributed by atoms with Crippen LogP contribution in [0.1, 0.15) is 0 Å². The molecule has 0 atom stereocenters. The van der Waals surface area contributed by atoms with Gasteiger partial charge in [-0.2, -0.15) is 17.8 Å². The molecule has 8 nitrogen and oxygen atoms in total. The quantitative estimate of drug-likeness (QED) is 0.614. The second-order valence-corrected chi connectivity index (χ2v) is 6.58. The lowest BCUT2D eigenvalue weighted by Crippen LogP contribution is -2.28. The standard InChI is InChI=1S/C15H14N4O4S/c20-15-18(16-17-19(15)13-7-3-1-4-8-13)11-12-24(21,22)23-14-9-5-2-6-10-14/h1-10H,11-12H2. The van der Waals surface area contributed by atoms with Crippen LogP contribution >= 0.6 is 0 Å². The van der Waals surface area contributed by atoms with E-state index < -0.39 is 21.6 Å². The molecular formula is C15H14N4O4S. The molecule has 0 spiro atoms. The summed E-state index contributed by atoms with van der Waals surface area (Å²) in [6.45, 7) is -0.152. The third-order valence-electron chi connectivity index (χ3n) is 3.16. The maximum absolute atomic E-state index is 12.2. The van der Waals surface area contributed by atoms with Gasteiger partial charge in [-0.25, -0.2) is 4.79 Å². The molecule has 9 heteroatoms. The van der Waals surface area contributed by atoms with E-state index in [0.717, 1.165) is 9.36 Å². The van der Waals surface area contributed by atoms with E-state index in [2.05, 4.69) is 10.4 Å². The van der Waals surface area contributed by atoms with Crippen LogP contribution in [0, 0.1) is 0 Å². The molecule has 3 rings (SSSR count). The highest BCUT2D eigenvalue weighted by atomic mass is 32.2. The first kappa shape index (κ1) is 15.9. The van der Waals surface area contributed by atoms with Crippen molar-refractivity contribution in [2.75, 3.05) is 5.75 Å². The third-order valence-corrected chi connectivity index (χ3v) is 4.29. The lowest BCUT2D eigenvalue weighted by molar-refractivity contribution is 0.476. The summed E-state index contributed by atoms with van der Waals surface area (Å²) >= 11 is 0. The first-order valence-corrected chi connectivity index (χ1v) is 8.68. The van der Waals surface area contributed by atoms with E-state index in [-0.39, 0.29) is 12.3 Å². The van der Waals surface area contributed by atoms with Crippen LogP contribution in [0.15, 0.2) is 65.5 Å². The Morgan fingerprint density at radius 2 is 1.54 bits per heavy atom. The van der Waals surface area contributed by atoms with Crippen molar-refractivity contribution in [2.24, 2.45) is 0 Å². The molecule has 0 aliphatic rings. The van der Waals surface area contributed by atoms with Crippen LogP contribution in [0.5, 0.6) is 5.75 Å². The van der Waals surface area contributed by atoms with Gasteiger partial charge >= 0.3 is 15.8 Å². The Kier molecular flexibility index (Phi) is 4.43. The largest absolute Gasteiger partial charge is 0.382 e. The molecule has 0 aliphatic heterocycles. The fraction of sp³-hybridized carbons (Fsp3) is 0.133. The Labute approximate surface area is 138 Å². The van der Waals surface area contributed by atoms with Crippen molar-refractivity contribution in [1.82, 2.24) is 19.8 Å². The van der Waals surface area contributed by atoms with Gasteiger partial charge in [-0.05, 0) is 34.7 Å². The molecule has 1 heterocycles. The van der Waals surface area contributed by atoms with E-state index in [4.69, 9.17) is 4.18 Å². The zero-order valence-corrected chi connectivity index (χ0v) is 13.3. The molecule has 0 bridgehead atoms. The molecule has 0 amide bonds. The average molecular weight is 346 g/mol. The first-order chi connectivity index (χ1) is 11.6. The summed E-state index contributed by atoms with van der Waals surface area (Å²) in [5.41, 5.74) is 0.0354. The number of hydrogen-bond donors (Lipinski definition) is 0. The van der Waals surface area contributed by atoms with Gasteiger partial charge in [0.1, 0.15) is 11.5 Å². The van der Waals surface area contributed by atoms with Crippen LogP contribution in [0.3, 0.4) is 0 Å². The molecule has 3 aromatic rings. The lowest BCUT2D eigenvalue weighted by atomic mass is 10.3. The van der Waals surface area contributed by atoms with Gasteiger partial charge in [-0.15, -0.1) is 0 Å². The van der Waals surface area contributed by atoms with Crippen molar-refractivity contribution < 1.29 is 12.6 Å². The summed E-state index contributed by atoms with van der Waals surface area (Å²) in [6.07, 6.45) is 0. The highest BCUT2D eigenvalue weighted by Gasteiger charge is 2.16. The van der Waals surface area contributed by atoms with Gasteiger partial charge < -0.3 is 4.18 Å². The number of para-hydroxylation sites is 2. The zero-order valence-electron chi connectivity index (χ0n) is 12.5. The van der Waals surface area contributed by atoms with Crippen LogP contribution in [0.25, 0.3) is 5.69 Å². The van der Waals surface area contributed by atoms with Gasteiger partial charge in [0, 0.05) is 0 Å².